The lowest BCUT2D eigenvalue weighted by Crippen LogP contribution is -2.38. The molecule has 0 heterocycles. The number of halogens is 1. The first-order valence-electron chi connectivity index (χ1n) is 4.96. The van der Waals surface area contributed by atoms with Crippen molar-refractivity contribution in [3.63, 3.8) is 0 Å². The fraction of sp³-hybridized carbons (Fsp3) is 0.333. The number of carbonyl (C=O) groups is 2. The Hall–Kier alpha value is -1.39. The summed E-state index contributed by atoms with van der Waals surface area (Å²) in [4.78, 5) is 22.8. The molecule has 1 aromatic carbocycles. The van der Waals surface area contributed by atoms with Crippen molar-refractivity contribution in [3.8, 4) is 0 Å². The number of ketones is 1. The Bertz CT molecular complexity index is 444. The number of Topliss-reactive ketones (excluding diaryl/α,β-unsaturated/α-hetero) is 1. The largest absolute Gasteiger partial charge is 0.467 e. The summed E-state index contributed by atoms with van der Waals surface area (Å²) in [6.45, 7) is 1.29. The number of methoxy groups -OCH3 is 1. The van der Waals surface area contributed by atoms with Crippen molar-refractivity contribution >= 4 is 23.4 Å². The van der Waals surface area contributed by atoms with Crippen LogP contribution in [0.2, 0.25) is 5.02 Å². The first kappa shape index (κ1) is 13.7. The fourth-order valence-corrected chi connectivity index (χ4v) is 1.76. The number of hydrogen-bond donors (Lipinski definition) is 1. The van der Waals surface area contributed by atoms with E-state index in [1.54, 1.807) is 12.1 Å². The van der Waals surface area contributed by atoms with Crippen LogP contribution in [0.15, 0.2) is 24.3 Å². The molecule has 0 spiro atoms. The number of ether oxygens (including phenoxy) is 1. The molecule has 0 saturated heterocycles. The molecular formula is C12H13ClO4. The maximum absolute atomic E-state index is 11.6. The van der Waals surface area contributed by atoms with Crippen molar-refractivity contribution < 1.29 is 19.4 Å². The van der Waals surface area contributed by atoms with Crippen LogP contribution in [0.1, 0.15) is 18.9 Å². The van der Waals surface area contributed by atoms with Crippen molar-refractivity contribution in [1.29, 1.82) is 0 Å². The first-order chi connectivity index (χ1) is 7.90. The Kier molecular flexibility index (Phi) is 4.26. The van der Waals surface area contributed by atoms with Gasteiger partial charge in [0.25, 0.3) is 0 Å². The molecule has 0 saturated carbocycles. The van der Waals surface area contributed by atoms with E-state index in [1.165, 1.54) is 19.1 Å². The highest BCUT2D eigenvalue weighted by atomic mass is 35.5. The van der Waals surface area contributed by atoms with Crippen LogP contribution in [0.5, 0.6) is 0 Å². The zero-order valence-electron chi connectivity index (χ0n) is 9.57. The van der Waals surface area contributed by atoms with Crippen LogP contribution in [0, 0.1) is 0 Å². The first-order valence-corrected chi connectivity index (χ1v) is 5.34. The van der Waals surface area contributed by atoms with Crippen LogP contribution in [0.25, 0.3) is 0 Å². The van der Waals surface area contributed by atoms with Crippen molar-refractivity contribution in [2.24, 2.45) is 0 Å². The highest BCUT2D eigenvalue weighted by Crippen LogP contribution is 2.28. The molecule has 1 aromatic rings. The van der Waals surface area contributed by atoms with E-state index in [0.717, 1.165) is 7.11 Å². The Morgan fingerprint density at radius 1 is 1.47 bits per heavy atom. The molecule has 0 bridgehead atoms. The topological polar surface area (TPSA) is 63.6 Å². The molecule has 1 rings (SSSR count). The van der Waals surface area contributed by atoms with Gasteiger partial charge in [0.05, 0.1) is 7.11 Å². The number of aliphatic hydroxyl groups is 1. The number of benzene rings is 1. The van der Waals surface area contributed by atoms with E-state index in [4.69, 9.17) is 11.6 Å². The Balaban J connectivity index is 3.23. The van der Waals surface area contributed by atoms with Gasteiger partial charge in [0.1, 0.15) is 5.78 Å². The summed E-state index contributed by atoms with van der Waals surface area (Å²) in [6.07, 6.45) is -0.347. The molecule has 0 aliphatic carbocycles. The second kappa shape index (κ2) is 5.29. The summed E-state index contributed by atoms with van der Waals surface area (Å²) in [5.41, 5.74) is -1.74. The molecule has 1 unspecified atom stereocenters. The lowest BCUT2D eigenvalue weighted by atomic mass is 9.89. The zero-order valence-corrected chi connectivity index (χ0v) is 10.3. The molecule has 0 aromatic heterocycles. The zero-order chi connectivity index (χ0) is 13.1. The summed E-state index contributed by atoms with van der Waals surface area (Å²) < 4.78 is 4.53. The lowest BCUT2D eigenvalue weighted by molar-refractivity contribution is -0.166. The Morgan fingerprint density at radius 3 is 2.59 bits per heavy atom. The van der Waals surface area contributed by atoms with Crippen molar-refractivity contribution in [2.45, 2.75) is 18.9 Å². The van der Waals surface area contributed by atoms with E-state index in [0.29, 0.717) is 5.02 Å². The molecule has 0 aliphatic rings. The minimum Gasteiger partial charge on any atom is -0.467 e. The van der Waals surface area contributed by atoms with E-state index in [1.807, 2.05) is 0 Å². The SMILES string of the molecule is COC(=O)C(O)(CC(C)=O)c1cccc(Cl)c1. The smallest absolute Gasteiger partial charge is 0.343 e. The average Bonchev–Trinajstić information content (AvgIpc) is 2.26. The quantitative estimate of drug-likeness (QED) is 0.833. The summed E-state index contributed by atoms with van der Waals surface area (Å²) in [5, 5.41) is 10.7. The molecule has 0 fully saturated rings. The van der Waals surface area contributed by atoms with Crippen LogP contribution in [0.4, 0.5) is 0 Å². The van der Waals surface area contributed by atoms with Gasteiger partial charge in [-0.05, 0) is 24.6 Å². The van der Waals surface area contributed by atoms with Crippen molar-refractivity contribution in [3.05, 3.63) is 34.9 Å². The van der Waals surface area contributed by atoms with Crippen molar-refractivity contribution in [2.75, 3.05) is 7.11 Å². The van der Waals surface area contributed by atoms with E-state index >= 15 is 0 Å². The van der Waals surface area contributed by atoms with E-state index < -0.39 is 11.6 Å². The van der Waals surface area contributed by atoms with E-state index in [2.05, 4.69) is 4.74 Å². The minimum atomic E-state index is -1.98. The van der Waals surface area contributed by atoms with Crippen LogP contribution in [-0.2, 0) is 19.9 Å². The molecule has 1 atom stereocenters. The third-order valence-electron chi connectivity index (χ3n) is 2.33. The third kappa shape index (κ3) is 3.05. The van der Waals surface area contributed by atoms with Gasteiger partial charge in [0.15, 0.2) is 5.60 Å². The van der Waals surface area contributed by atoms with Crippen LogP contribution >= 0.6 is 11.6 Å². The third-order valence-corrected chi connectivity index (χ3v) is 2.57. The highest BCUT2D eigenvalue weighted by molar-refractivity contribution is 6.30. The van der Waals surface area contributed by atoms with Crippen molar-refractivity contribution in [1.82, 2.24) is 0 Å². The number of carbonyl (C=O) groups excluding carboxylic acids is 2. The predicted octanol–water partition coefficient (Wildman–Crippen LogP) is 1.68. The predicted molar refractivity (Wildman–Crippen MR) is 62.7 cm³/mol. The number of rotatable bonds is 4. The van der Waals surface area contributed by atoms with Crippen LogP contribution < -0.4 is 0 Å². The summed E-state index contributed by atoms with van der Waals surface area (Å²) >= 11 is 5.79. The van der Waals surface area contributed by atoms with Gasteiger partial charge in [-0.1, -0.05) is 23.7 Å². The van der Waals surface area contributed by atoms with Gasteiger partial charge in [-0.15, -0.1) is 0 Å². The van der Waals surface area contributed by atoms with Gasteiger partial charge in [0, 0.05) is 11.4 Å². The molecule has 0 radical (unpaired) electrons. The lowest BCUT2D eigenvalue weighted by Gasteiger charge is -2.24. The van der Waals surface area contributed by atoms with Gasteiger partial charge in [0.2, 0.25) is 0 Å². The van der Waals surface area contributed by atoms with E-state index in [-0.39, 0.29) is 17.8 Å². The Morgan fingerprint density at radius 2 is 2.12 bits per heavy atom. The van der Waals surface area contributed by atoms with Gasteiger partial charge >= 0.3 is 5.97 Å². The minimum absolute atomic E-state index is 0.243. The molecule has 92 valence electrons. The molecule has 17 heavy (non-hydrogen) atoms. The second-order valence-electron chi connectivity index (χ2n) is 3.74. The maximum atomic E-state index is 11.6. The summed E-state index contributed by atoms with van der Waals surface area (Å²) in [6, 6.07) is 6.15. The maximum Gasteiger partial charge on any atom is 0.343 e. The molecule has 1 N–H and O–H groups in total. The van der Waals surface area contributed by atoms with Gasteiger partial charge in [-0.25, -0.2) is 4.79 Å². The highest BCUT2D eigenvalue weighted by Gasteiger charge is 2.40. The van der Waals surface area contributed by atoms with E-state index in [9.17, 15) is 14.7 Å². The number of hydrogen-bond acceptors (Lipinski definition) is 4. The Labute approximate surface area is 104 Å². The fourth-order valence-electron chi connectivity index (χ4n) is 1.57. The summed E-state index contributed by atoms with van der Waals surface area (Å²) in [7, 11) is 1.15. The summed E-state index contributed by atoms with van der Waals surface area (Å²) in [5.74, 6) is -1.20. The monoisotopic (exact) mass is 256 g/mol. The molecule has 0 amide bonds. The molecule has 0 aliphatic heterocycles. The van der Waals surface area contributed by atoms with Gasteiger partial charge in [-0.3, -0.25) is 4.79 Å². The van der Waals surface area contributed by atoms with Gasteiger partial charge in [-0.2, -0.15) is 0 Å². The standard InChI is InChI=1S/C12H13ClO4/c1-8(14)7-12(16,11(15)17-2)9-4-3-5-10(13)6-9/h3-6,16H,7H2,1-2H3. The molecule has 5 heteroatoms. The average molecular weight is 257 g/mol. The number of esters is 1. The van der Waals surface area contributed by atoms with Crippen LogP contribution in [-0.4, -0.2) is 24.0 Å². The van der Waals surface area contributed by atoms with Crippen LogP contribution in [0.3, 0.4) is 0 Å². The molecule has 4 nitrogen and oxygen atoms in total. The van der Waals surface area contributed by atoms with Gasteiger partial charge < -0.3 is 9.84 Å². The second-order valence-corrected chi connectivity index (χ2v) is 4.18. The normalized spacial score (nSPS) is 13.9. The molecular weight excluding hydrogens is 244 g/mol.